The van der Waals surface area contributed by atoms with Crippen molar-refractivity contribution in [2.75, 3.05) is 0 Å². The van der Waals surface area contributed by atoms with Gasteiger partial charge in [0, 0.05) is 5.56 Å². The van der Waals surface area contributed by atoms with Crippen molar-refractivity contribution in [3.63, 3.8) is 0 Å². The third-order valence-corrected chi connectivity index (χ3v) is 3.16. The molecule has 0 aliphatic rings. The van der Waals surface area contributed by atoms with Crippen molar-refractivity contribution in [2.45, 2.75) is 19.1 Å². The fourth-order valence-corrected chi connectivity index (χ4v) is 2.08. The molecule has 0 aromatic heterocycles. The minimum Gasteiger partial charge on any atom is -0.481 e. The third kappa shape index (κ3) is 5.10. The molecule has 6 heteroatoms. The second kappa shape index (κ2) is 7.93. The monoisotopic (exact) mass is 317 g/mol. The van der Waals surface area contributed by atoms with Gasteiger partial charge in [-0.3, -0.25) is 4.79 Å². The highest BCUT2D eigenvalue weighted by Gasteiger charge is 2.21. The molecule has 0 radical (unpaired) electrons. The fraction of sp³-hybridized carbons (Fsp3) is 0.176. The van der Waals surface area contributed by atoms with E-state index in [9.17, 15) is 14.0 Å². The highest BCUT2D eigenvalue weighted by Crippen LogP contribution is 2.20. The van der Waals surface area contributed by atoms with Crippen LogP contribution in [0.5, 0.6) is 0 Å². The van der Waals surface area contributed by atoms with Gasteiger partial charge in [-0.1, -0.05) is 48.5 Å². The quantitative estimate of drug-likeness (QED) is 0.857. The molecule has 0 fully saturated rings. The molecule has 2 N–H and O–H groups in total. The second-order valence-electron chi connectivity index (χ2n) is 4.88. The topological polar surface area (TPSA) is 75.6 Å². The lowest BCUT2D eigenvalue weighted by Crippen LogP contribution is -2.31. The van der Waals surface area contributed by atoms with Gasteiger partial charge in [0.05, 0.1) is 12.5 Å². The van der Waals surface area contributed by atoms with Crippen LogP contribution in [0, 0.1) is 5.82 Å². The summed E-state index contributed by atoms with van der Waals surface area (Å²) in [7, 11) is 0. The number of ether oxygens (including phenoxy) is 1. The van der Waals surface area contributed by atoms with Gasteiger partial charge in [-0.15, -0.1) is 0 Å². The summed E-state index contributed by atoms with van der Waals surface area (Å²) in [5.74, 6) is -1.73. The molecule has 0 saturated carbocycles. The summed E-state index contributed by atoms with van der Waals surface area (Å²) < 4.78 is 18.8. The van der Waals surface area contributed by atoms with Crippen LogP contribution in [0.25, 0.3) is 0 Å². The van der Waals surface area contributed by atoms with Crippen molar-refractivity contribution in [1.82, 2.24) is 5.32 Å². The molecule has 120 valence electrons. The lowest BCUT2D eigenvalue weighted by atomic mass is 10.0. The molecule has 1 unspecified atom stereocenters. The summed E-state index contributed by atoms with van der Waals surface area (Å²) in [5, 5.41) is 11.3. The first-order chi connectivity index (χ1) is 11.1. The number of carboxylic acid groups (broad SMARTS) is 1. The predicted molar refractivity (Wildman–Crippen MR) is 81.2 cm³/mol. The minimum atomic E-state index is -1.15. The molecule has 2 aromatic carbocycles. The van der Waals surface area contributed by atoms with Gasteiger partial charge >= 0.3 is 12.1 Å². The smallest absolute Gasteiger partial charge is 0.407 e. The zero-order chi connectivity index (χ0) is 16.7. The number of nitrogens with one attached hydrogen (secondary N) is 1. The molecule has 1 atom stereocenters. The number of rotatable bonds is 6. The Morgan fingerprint density at radius 2 is 1.74 bits per heavy atom. The van der Waals surface area contributed by atoms with Gasteiger partial charge in [0.15, 0.2) is 0 Å². The van der Waals surface area contributed by atoms with Crippen LogP contribution < -0.4 is 5.32 Å². The van der Waals surface area contributed by atoms with Crippen LogP contribution in [0.15, 0.2) is 54.6 Å². The van der Waals surface area contributed by atoms with Crippen molar-refractivity contribution >= 4 is 12.1 Å². The minimum absolute atomic E-state index is 0.0454. The summed E-state index contributed by atoms with van der Waals surface area (Å²) in [6.07, 6.45) is -1.25. The lowest BCUT2D eigenvalue weighted by molar-refractivity contribution is -0.137. The zero-order valence-corrected chi connectivity index (χ0v) is 12.2. The third-order valence-electron chi connectivity index (χ3n) is 3.16. The Labute approximate surface area is 132 Å². The molecule has 0 bridgehead atoms. The molecule has 0 spiro atoms. The number of hydrogen-bond donors (Lipinski definition) is 2. The predicted octanol–water partition coefficient (Wildman–Crippen LogP) is 3.27. The molecule has 23 heavy (non-hydrogen) atoms. The van der Waals surface area contributed by atoms with Gasteiger partial charge in [0.1, 0.15) is 12.4 Å². The molecule has 0 heterocycles. The van der Waals surface area contributed by atoms with Crippen LogP contribution in [0.3, 0.4) is 0 Å². The largest absolute Gasteiger partial charge is 0.481 e. The Hall–Kier alpha value is -2.89. The Kier molecular flexibility index (Phi) is 5.68. The molecule has 0 saturated heterocycles. The molecule has 2 aromatic rings. The standard InChI is InChI=1S/C17H16FNO4/c18-14-9-5-4-8-13(14)15(10-16(20)21)19-17(22)23-11-12-6-2-1-3-7-12/h1-9,15H,10-11H2,(H,19,22)(H,20,21). The van der Waals surface area contributed by atoms with Crippen LogP contribution in [0.4, 0.5) is 9.18 Å². The van der Waals surface area contributed by atoms with Crippen molar-refractivity contribution in [2.24, 2.45) is 0 Å². The number of benzene rings is 2. The van der Waals surface area contributed by atoms with Gasteiger partial charge in [-0.25, -0.2) is 9.18 Å². The van der Waals surface area contributed by atoms with Crippen molar-refractivity contribution in [3.8, 4) is 0 Å². The summed E-state index contributed by atoms with van der Waals surface area (Å²) in [5.41, 5.74) is 0.898. The fourth-order valence-electron chi connectivity index (χ4n) is 2.08. The Morgan fingerprint density at radius 3 is 2.39 bits per heavy atom. The van der Waals surface area contributed by atoms with Crippen molar-refractivity contribution in [3.05, 3.63) is 71.5 Å². The normalized spacial score (nSPS) is 11.5. The zero-order valence-electron chi connectivity index (χ0n) is 12.2. The molecular weight excluding hydrogens is 301 g/mol. The van der Waals surface area contributed by atoms with Gasteiger partial charge in [-0.05, 0) is 11.6 Å². The van der Waals surface area contributed by atoms with Gasteiger partial charge in [0.25, 0.3) is 0 Å². The van der Waals surface area contributed by atoms with Crippen LogP contribution in [0.1, 0.15) is 23.6 Å². The molecule has 1 amide bonds. The number of alkyl carbamates (subject to hydrolysis) is 1. The van der Waals surface area contributed by atoms with E-state index >= 15 is 0 Å². The number of carbonyl (C=O) groups excluding carboxylic acids is 1. The number of hydrogen-bond acceptors (Lipinski definition) is 3. The summed E-state index contributed by atoms with van der Waals surface area (Å²) in [4.78, 5) is 22.8. The van der Waals surface area contributed by atoms with E-state index in [1.54, 1.807) is 18.2 Å². The van der Waals surface area contributed by atoms with Gasteiger partial charge < -0.3 is 15.2 Å². The maximum absolute atomic E-state index is 13.8. The summed E-state index contributed by atoms with van der Waals surface area (Å²) in [6, 6.07) is 13.7. The first-order valence-electron chi connectivity index (χ1n) is 6.99. The van der Waals surface area contributed by atoms with Crippen molar-refractivity contribution in [1.29, 1.82) is 0 Å². The van der Waals surface area contributed by atoms with Gasteiger partial charge in [-0.2, -0.15) is 0 Å². The Bertz CT molecular complexity index is 675. The molecule has 5 nitrogen and oxygen atoms in total. The second-order valence-corrected chi connectivity index (χ2v) is 4.88. The lowest BCUT2D eigenvalue weighted by Gasteiger charge is -2.18. The van der Waals surface area contributed by atoms with E-state index in [-0.39, 0.29) is 12.2 Å². The van der Waals surface area contributed by atoms with E-state index < -0.39 is 30.3 Å². The SMILES string of the molecule is O=C(O)CC(NC(=O)OCc1ccccc1)c1ccccc1F. The average molecular weight is 317 g/mol. The van der Waals surface area contributed by atoms with E-state index in [0.29, 0.717) is 0 Å². The van der Waals surface area contributed by atoms with E-state index in [4.69, 9.17) is 9.84 Å². The average Bonchev–Trinajstić information content (AvgIpc) is 2.53. The molecule has 0 aliphatic carbocycles. The molecular formula is C17H16FNO4. The molecule has 2 rings (SSSR count). The van der Waals surface area contributed by atoms with E-state index in [2.05, 4.69) is 5.32 Å². The number of aliphatic carboxylic acids is 1. The van der Waals surface area contributed by atoms with E-state index in [1.165, 1.54) is 18.2 Å². The first kappa shape index (κ1) is 16.5. The Balaban J connectivity index is 2.01. The van der Waals surface area contributed by atoms with Crippen LogP contribution in [0.2, 0.25) is 0 Å². The Morgan fingerprint density at radius 1 is 1.09 bits per heavy atom. The first-order valence-corrected chi connectivity index (χ1v) is 6.99. The number of amides is 1. The highest BCUT2D eigenvalue weighted by atomic mass is 19.1. The maximum Gasteiger partial charge on any atom is 0.407 e. The maximum atomic E-state index is 13.8. The van der Waals surface area contributed by atoms with Crippen molar-refractivity contribution < 1.29 is 23.8 Å². The number of carbonyl (C=O) groups is 2. The van der Waals surface area contributed by atoms with E-state index in [1.807, 2.05) is 18.2 Å². The van der Waals surface area contributed by atoms with Crippen LogP contribution in [-0.2, 0) is 16.1 Å². The summed E-state index contributed by atoms with van der Waals surface area (Å²) in [6.45, 7) is 0.0454. The van der Waals surface area contributed by atoms with E-state index in [0.717, 1.165) is 5.56 Å². The summed E-state index contributed by atoms with van der Waals surface area (Å²) >= 11 is 0. The molecule has 0 aliphatic heterocycles. The van der Waals surface area contributed by atoms with Crippen LogP contribution >= 0.6 is 0 Å². The highest BCUT2D eigenvalue weighted by molar-refractivity contribution is 5.72. The number of halogens is 1. The van der Waals surface area contributed by atoms with Gasteiger partial charge in [0.2, 0.25) is 0 Å². The number of carboxylic acids is 1. The van der Waals surface area contributed by atoms with Crippen LogP contribution in [-0.4, -0.2) is 17.2 Å².